The molecule has 4 nitrogen and oxygen atoms in total. The van der Waals surface area contributed by atoms with E-state index in [1.165, 1.54) is 19.1 Å². The molecule has 0 bridgehead atoms. The van der Waals surface area contributed by atoms with E-state index < -0.39 is 18.1 Å². The summed E-state index contributed by atoms with van der Waals surface area (Å²) in [6.45, 7) is 2.89. The fourth-order valence-corrected chi connectivity index (χ4v) is 3.93. The fourth-order valence-electron chi connectivity index (χ4n) is 1.30. The zero-order valence-corrected chi connectivity index (χ0v) is 11.5. The second-order valence-electron chi connectivity index (χ2n) is 3.26. The minimum absolute atomic E-state index is 0.0237. The first-order valence-corrected chi connectivity index (χ1v) is 8.66. The van der Waals surface area contributed by atoms with Crippen molar-refractivity contribution in [1.29, 1.82) is 0 Å². The highest BCUT2D eigenvalue weighted by atomic mass is 35.7. The van der Waals surface area contributed by atoms with Gasteiger partial charge in [0.2, 0.25) is 0 Å². The Kier molecular flexibility index (Phi) is 3.59. The number of halogens is 2. The van der Waals surface area contributed by atoms with E-state index in [1.54, 1.807) is 6.92 Å². The van der Waals surface area contributed by atoms with Crippen molar-refractivity contribution in [2.45, 2.75) is 23.6 Å². The molecule has 0 aliphatic carbocycles. The highest BCUT2D eigenvalue weighted by Gasteiger charge is 2.22. The lowest BCUT2D eigenvalue weighted by atomic mass is 10.2. The van der Waals surface area contributed by atoms with E-state index >= 15 is 0 Å². The van der Waals surface area contributed by atoms with E-state index in [-0.39, 0.29) is 15.4 Å². The molecule has 90 valence electrons. The topological polar surface area (TPSA) is 68.3 Å². The molecule has 0 aliphatic rings. The third-order valence-corrected chi connectivity index (χ3v) is 4.88. The molecule has 0 radical (unpaired) electrons. The second-order valence-corrected chi connectivity index (χ2v) is 8.33. The summed E-state index contributed by atoms with van der Waals surface area (Å²) < 4.78 is 44.9. The summed E-state index contributed by atoms with van der Waals surface area (Å²) >= 11 is 0. The van der Waals surface area contributed by atoms with Crippen LogP contribution in [0.3, 0.4) is 0 Å². The smallest absolute Gasteiger partial charge is 0.207 e. The summed E-state index contributed by atoms with van der Waals surface area (Å²) in [4.78, 5) is -0.484. The molecule has 0 amide bonds. The largest absolute Gasteiger partial charge is 0.261 e. The second kappa shape index (κ2) is 4.18. The van der Waals surface area contributed by atoms with Gasteiger partial charge in [0.25, 0.3) is 18.1 Å². The maximum Gasteiger partial charge on any atom is 0.261 e. The Labute approximate surface area is 103 Å². The predicted octanol–water partition coefficient (Wildman–Crippen LogP) is 2.16. The lowest BCUT2D eigenvalue weighted by Gasteiger charge is -2.08. The molecular weight excluding hydrogens is 295 g/mol. The van der Waals surface area contributed by atoms with Crippen LogP contribution in [-0.4, -0.2) is 16.8 Å². The Balaban J connectivity index is 3.78. The van der Waals surface area contributed by atoms with Gasteiger partial charge in [-0.15, -0.1) is 0 Å². The lowest BCUT2D eigenvalue weighted by Crippen LogP contribution is -2.02. The SMILES string of the molecule is Cc1cc(S(=O)(=O)Cl)c(C)c(S(=O)(=O)Cl)c1. The molecule has 1 aromatic rings. The van der Waals surface area contributed by atoms with Crippen molar-refractivity contribution >= 4 is 39.5 Å². The van der Waals surface area contributed by atoms with E-state index in [4.69, 9.17) is 21.4 Å². The van der Waals surface area contributed by atoms with Gasteiger partial charge < -0.3 is 0 Å². The number of hydrogen-bond donors (Lipinski definition) is 0. The van der Waals surface area contributed by atoms with Crippen LogP contribution in [0.1, 0.15) is 11.1 Å². The number of benzene rings is 1. The van der Waals surface area contributed by atoms with Crippen LogP contribution in [0.2, 0.25) is 0 Å². The molecule has 0 N–H and O–H groups in total. The van der Waals surface area contributed by atoms with Crippen LogP contribution < -0.4 is 0 Å². The van der Waals surface area contributed by atoms with E-state index in [0.29, 0.717) is 5.56 Å². The quantitative estimate of drug-likeness (QED) is 0.785. The number of hydrogen-bond acceptors (Lipinski definition) is 4. The normalized spacial score (nSPS) is 12.8. The van der Waals surface area contributed by atoms with Crippen molar-refractivity contribution in [1.82, 2.24) is 0 Å². The van der Waals surface area contributed by atoms with Crippen LogP contribution in [-0.2, 0) is 18.1 Å². The third kappa shape index (κ3) is 2.88. The van der Waals surface area contributed by atoms with Gasteiger partial charge in [-0.25, -0.2) is 16.8 Å². The molecule has 0 aromatic heterocycles. The zero-order chi connectivity index (χ0) is 12.7. The molecule has 0 heterocycles. The summed E-state index contributed by atoms with van der Waals surface area (Å²) in [5.41, 5.74) is 0.472. The monoisotopic (exact) mass is 302 g/mol. The van der Waals surface area contributed by atoms with Crippen LogP contribution in [0.25, 0.3) is 0 Å². The van der Waals surface area contributed by atoms with Crippen LogP contribution >= 0.6 is 21.4 Å². The highest BCUT2D eigenvalue weighted by Crippen LogP contribution is 2.28. The highest BCUT2D eigenvalue weighted by molar-refractivity contribution is 8.14. The first-order valence-electron chi connectivity index (χ1n) is 4.04. The Morgan fingerprint density at radius 1 is 0.875 bits per heavy atom. The average molecular weight is 303 g/mol. The Morgan fingerprint density at radius 3 is 1.44 bits per heavy atom. The summed E-state index contributed by atoms with van der Waals surface area (Å²) in [5, 5.41) is 0. The van der Waals surface area contributed by atoms with Crippen molar-refractivity contribution in [3.05, 3.63) is 23.3 Å². The van der Waals surface area contributed by atoms with Gasteiger partial charge in [0.1, 0.15) is 0 Å². The molecule has 0 atom stereocenters. The summed E-state index contributed by atoms with van der Waals surface area (Å²) in [6.07, 6.45) is 0. The van der Waals surface area contributed by atoms with E-state index in [9.17, 15) is 16.8 Å². The van der Waals surface area contributed by atoms with Crippen molar-refractivity contribution in [3.8, 4) is 0 Å². The van der Waals surface area contributed by atoms with Crippen molar-refractivity contribution < 1.29 is 16.8 Å². The zero-order valence-electron chi connectivity index (χ0n) is 8.36. The molecule has 8 heteroatoms. The van der Waals surface area contributed by atoms with Crippen LogP contribution in [0.15, 0.2) is 21.9 Å². The van der Waals surface area contributed by atoms with Gasteiger partial charge in [-0.3, -0.25) is 0 Å². The van der Waals surface area contributed by atoms with E-state index in [1.807, 2.05) is 0 Å². The van der Waals surface area contributed by atoms with Gasteiger partial charge in [0.05, 0.1) is 9.79 Å². The van der Waals surface area contributed by atoms with Gasteiger partial charge in [-0.1, -0.05) is 0 Å². The van der Waals surface area contributed by atoms with Gasteiger partial charge in [0.15, 0.2) is 0 Å². The maximum absolute atomic E-state index is 11.2. The van der Waals surface area contributed by atoms with Crippen molar-refractivity contribution in [2.24, 2.45) is 0 Å². The molecule has 0 aliphatic heterocycles. The molecule has 0 fully saturated rings. The maximum atomic E-state index is 11.2. The molecule has 0 saturated carbocycles. The molecule has 0 saturated heterocycles. The van der Waals surface area contributed by atoms with Gasteiger partial charge in [0, 0.05) is 21.4 Å². The molecule has 1 aromatic carbocycles. The fraction of sp³-hybridized carbons (Fsp3) is 0.250. The molecule has 1 rings (SSSR count). The average Bonchev–Trinajstić information content (AvgIpc) is 2.04. The van der Waals surface area contributed by atoms with Crippen LogP contribution in [0.5, 0.6) is 0 Å². The first-order chi connectivity index (χ1) is 7.03. The molecule has 16 heavy (non-hydrogen) atoms. The Bertz CT molecular complexity index is 579. The van der Waals surface area contributed by atoms with E-state index in [0.717, 1.165) is 0 Å². The molecular formula is C8H8Cl2O4S2. The first kappa shape index (κ1) is 13.8. The third-order valence-electron chi connectivity index (χ3n) is 1.98. The Morgan fingerprint density at radius 2 is 1.19 bits per heavy atom. The van der Waals surface area contributed by atoms with Crippen LogP contribution in [0, 0.1) is 13.8 Å². The number of rotatable bonds is 2. The molecule has 0 spiro atoms. The van der Waals surface area contributed by atoms with Crippen molar-refractivity contribution in [2.75, 3.05) is 0 Å². The summed E-state index contributed by atoms with van der Waals surface area (Å²) in [6, 6.07) is 2.59. The van der Waals surface area contributed by atoms with Crippen LogP contribution in [0.4, 0.5) is 0 Å². The lowest BCUT2D eigenvalue weighted by molar-refractivity contribution is 0.606. The standard InChI is InChI=1S/C8H8Cl2O4S2/c1-5-3-7(15(9,11)12)6(2)8(4-5)16(10,13)14/h3-4H,1-2H3. The van der Waals surface area contributed by atoms with Crippen molar-refractivity contribution in [3.63, 3.8) is 0 Å². The Hall–Kier alpha value is -0.300. The van der Waals surface area contributed by atoms with E-state index in [2.05, 4.69) is 0 Å². The minimum Gasteiger partial charge on any atom is -0.207 e. The predicted molar refractivity (Wildman–Crippen MR) is 62.0 cm³/mol. The number of aryl methyl sites for hydroxylation is 1. The van der Waals surface area contributed by atoms with Gasteiger partial charge in [-0.2, -0.15) is 0 Å². The minimum atomic E-state index is -3.99. The summed E-state index contributed by atoms with van der Waals surface area (Å²) in [5.74, 6) is 0. The molecule has 0 unspecified atom stereocenters. The van der Waals surface area contributed by atoms with Gasteiger partial charge in [-0.05, 0) is 37.1 Å². The summed E-state index contributed by atoms with van der Waals surface area (Å²) in [7, 11) is 2.41. The van der Waals surface area contributed by atoms with Gasteiger partial charge >= 0.3 is 0 Å².